The molecule has 0 spiro atoms. The number of hydrogen-bond acceptors (Lipinski definition) is 4. The lowest BCUT2D eigenvalue weighted by Gasteiger charge is -2.28. The van der Waals surface area contributed by atoms with Gasteiger partial charge in [-0.05, 0) is 25.8 Å². The van der Waals surface area contributed by atoms with Gasteiger partial charge in [-0.3, -0.25) is 4.79 Å². The van der Waals surface area contributed by atoms with E-state index in [0.717, 1.165) is 39.1 Å². The summed E-state index contributed by atoms with van der Waals surface area (Å²) in [4.78, 5) is 13.5. The molecule has 1 unspecified atom stereocenters. The minimum absolute atomic E-state index is 0.0464. The molecule has 16 heavy (non-hydrogen) atoms. The van der Waals surface area contributed by atoms with Gasteiger partial charge in [0, 0.05) is 26.3 Å². The third kappa shape index (κ3) is 4.49. The molecule has 0 aromatic heterocycles. The fourth-order valence-electron chi connectivity index (χ4n) is 2.19. The van der Waals surface area contributed by atoms with Crippen LogP contribution in [0.3, 0.4) is 0 Å². The molecule has 0 aromatic rings. The summed E-state index contributed by atoms with van der Waals surface area (Å²) in [6.45, 7) is 5.48. The van der Waals surface area contributed by atoms with E-state index in [1.54, 1.807) is 0 Å². The average molecular weight is 229 g/mol. The maximum absolute atomic E-state index is 11.3. The smallest absolute Gasteiger partial charge is 0.309 e. The van der Waals surface area contributed by atoms with Gasteiger partial charge in [0.1, 0.15) is 0 Å². The Morgan fingerprint density at radius 3 is 2.69 bits per heavy atom. The largest absolute Gasteiger partial charge is 0.469 e. The third-order valence-electron chi connectivity index (χ3n) is 3.10. The summed E-state index contributed by atoms with van der Waals surface area (Å²) < 4.78 is 10.0. The van der Waals surface area contributed by atoms with Gasteiger partial charge in [0.05, 0.1) is 13.0 Å². The summed E-state index contributed by atoms with van der Waals surface area (Å²) in [7, 11) is 3.51. The molecule has 4 heteroatoms. The van der Waals surface area contributed by atoms with Crippen molar-refractivity contribution < 1.29 is 14.3 Å². The number of carbonyl (C=O) groups excluding carboxylic acids is 1. The molecular weight excluding hydrogens is 206 g/mol. The van der Waals surface area contributed by atoms with Crippen LogP contribution in [0.15, 0.2) is 0 Å². The number of methoxy groups -OCH3 is 1. The maximum Gasteiger partial charge on any atom is 0.309 e. The van der Waals surface area contributed by atoms with E-state index in [2.05, 4.69) is 11.9 Å². The topological polar surface area (TPSA) is 38.8 Å². The Bertz CT molecular complexity index is 214. The Kier molecular flexibility index (Phi) is 5.77. The SMILES string of the molecule is COC(=O)C(C)CN(C)CC1CCOCC1. The molecule has 1 rings (SSSR count). The first-order valence-electron chi connectivity index (χ1n) is 5.97. The number of ether oxygens (including phenoxy) is 2. The van der Waals surface area contributed by atoms with Gasteiger partial charge in [0.2, 0.25) is 0 Å². The molecule has 0 saturated carbocycles. The lowest BCUT2D eigenvalue weighted by molar-refractivity contribution is -0.145. The molecule has 94 valence electrons. The molecule has 0 bridgehead atoms. The zero-order valence-electron chi connectivity index (χ0n) is 10.6. The monoisotopic (exact) mass is 229 g/mol. The van der Waals surface area contributed by atoms with E-state index in [1.165, 1.54) is 7.11 Å². The van der Waals surface area contributed by atoms with Crippen LogP contribution in [0, 0.1) is 11.8 Å². The van der Waals surface area contributed by atoms with Crippen molar-refractivity contribution in [2.45, 2.75) is 19.8 Å². The van der Waals surface area contributed by atoms with Crippen molar-refractivity contribution in [3.05, 3.63) is 0 Å². The molecular formula is C12H23NO3. The summed E-state index contributed by atoms with van der Waals surface area (Å²) >= 11 is 0. The fourth-order valence-corrected chi connectivity index (χ4v) is 2.19. The van der Waals surface area contributed by atoms with Crippen LogP contribution in [-0.4, -0.2) is 51.3 Å². The number of nitrogens with zero attached hydrogens (tertiary/aromatic N) is 1. The highest BCUT2D eigenvalue weighted by Crippen LogP contribution is 2.16. The van der Waals surface area contributed by atoms with E-state index < -0.39 is 0 Å². The summed E-state index contributed by atoms with van der Waals surface area (Å²) in [5.74, 6) is 0.539. The highest BCUT2D eigenvalue weighted by atomic mass is 16.5. The Labute approximate surface area is 97.9 Å². The van der Waals surface area contributed by atoms with Gasteiger partial charge in [-0.1, -0.05) is 6.92 Å². The minimum Gasteiger partial charge on any atom is -0.469 e. The Morgan fingerprint density at radius 2 is 2.12 bits per heavy atom. The van der Waals surface area contributed by atoms with Gasteiger partial charge in [-0.2, -0.15) is 0 Å². The molecule has 1 saturated heterocycles. The molecule has 1 fully saturated rings. The van der Waals surface area contributed by atoms with Crippen molar-refractivity contribution in [2.24, 2.45) is 11.8 Å². The number of carbonyl (C=O) groups is 1. The predicted molar refractivity (Wildman–Crippen MR) is 62.2 cm³/mol. The zero-order chi connectivity index (χ0) is 12.0. The van der Waals surface area contributed by atoms with Gasteiger partial charge in [-0.25, -0.2) is 0 Å². The number of hydrogen-bond donors (Lipinski definition) is 0. The molecule has 1 heterocycles. The van der Waals surface area contributed by atoms with E-state index in [4.69, 9.17) is 9.47 Å². The Morgan fingerprint density at radius 1 is 1.50 bits per heavy atom. The lowest BCUT2D eigenvalue weighted by Crippen LogP contribution is -2.34. The first-order valence-corrected chi connectivity index (χ1v) is 5.97. The van der Waals surface area contributed by atoms with Gasteiger partial charge in [-0.15, -0.1) is 0 Å². The van der Waals surface area contributed by atoms with Crippen molar-refractivity contribution >= 4 is 5.97 Å². The molecule has 0 radical (unpaired) electrons. The quantitative estimate of drug-likeness (QED) is 0.663. The van der Waals surface area contributed by atoms with E-state index in [0.29, 0.717) is 5.92 Å². The minimum atomic E-state index is -0.126. The van der Waals surface area contributed by atoms with E-state index in [1.807, 2.05) is 6.92 Å². The molecule has 1 aliphatic rings. The summed E-state index contributed by atoms with van der Waals surface area (Å²) in [5.41, 5.74) is 0. The van der Waals surface area contributed by atoms with Gasteiger partial charge in [0.15, 0.2) is 0 Å². The van der Waals surface area contributed by atoms with E-state index in [-0.39, 0.29) is 11.9 Å². The lowest BCUT2D eigenvalue weighted by atomic mass is 9.99. The predicted octanol–water partition coefficient (Wildman–Crippen LogP) is 1.15. The Balaban J connectivity index is 2.23. The van der Waals surface area contributed by atoms with Gasteiger partial charge >= 0.3 is 5.97 Å². The summed E-state index contributed by atoms with van der Waals surface area (Å²) in [5, 5.41) is 0. The standard InChI is InChI=1S/C12H23NO3/c1-10(12(14)15-3)8-13(2)9-11-4-6-16-7-5-11/h10-11H,4-9H2,1-3H3. The van der Waals surface area contributed by atoms with Crippen LogP contribution in [0.1, 0.15) is 19.8 Å². The number of rotatable bonds is 5. The van der Waals surface area contributed by atoms with Crippen LogP contribution in [0.5, 0.6) is 0 Å². The average Bonchev–Trinajstić information content (AvgIpc) is 2.29. The summed E-state index contributed by atoms with van der Waals surface area (Å²) in [6.07, 6.45) is 2.27. The van der Waals surface area contributed by atoms with Crippen LogP contribution in [0.4, 0.5) is 0 Å². The van der Waals surface area contributed by atoms with Crippen molar-refractivity contribution in [1.29, 1.82) is 0 Å². The normalized spacial score (nSPS) is 19.8. The van der Waals surface area contributed by atoms with Crippen LogP contribution in [-0.2, 0) is 14.3 Å². The Hall–Kier alpha value is -0.610. The fraction of sp³-hybridized carbons (Fsp3) is 0.917. The molecule has 0 aliphatic carbocycles. The second kappa shape index (κ2) is 6.86. The van der Waals surface area contributed by atoms with Crippen LogP contribution >= 0.6 is 0 Å². The van der Waals surface area contributed by atoms with E-state index >= 15 is 0 Å². The second-order valence-electron chi connectivity index (χ2n) is 4.70. The van der Waals surface area contributed by atoms with Crippen molar-refractivity contribution in [2.75, 3.05) is 40.5 Å². The second-order valence-corrected chi connectivity index (χ2v) is 4.70. The third-order valence-corrected chi connectivity index (χ3v) is 3.10. The molecule has 4 nitrogen and oxygen atoms in total. The first kappa shape index (κ1) is 13.5. The molecule has 1 atom stereocenters. The number of esters is 1. The highest BCUT2D eigenvalue weighted by molar-refractivity contribution is 5.71. The maximum atomic E-state index is 11.3. The first-order chi connectivity index (χ1) is 7.63. The molecule has 0 amide bonds. The molecule has 0 N–H and O–H groups in total. The van der Waals surface area contributed by atoms with Crippen molar-refractivity contribution in [1.82, 2.24) is 4.90 Å². The molecule has 0 aromatic carbocycles. The zero-order valence-corrected chi connectivity index (χ0v) is 10.6. The van der Waals surface area contributed by atoms with Crippen molar-refractivity contribution in [3.63, 3.8) is 0 Å². The molecule has 1 aliphatic heterocycles. The van der Waals surface area contributed by atoms with Crippen LogP contribution < -0.4 is 0 Å². The summed E-state index contributed by atoms with van der Waals surface area (Å²) in [6, 6.07) is 0. The van der Waals surface area contributed by atoms with Gasteiger partial charge < -0.3 is 14.4 Å². The highest BCUT2D eigenvalue weighted by Gasteiger charge is 2.19. The van der Waals surface area contributed by atoms with Crippen LogP contribution in [0.25, 0.3) is 0 Å². The van der Waals surface area contributed by atoms with Crippen LogP contribution in [0.2, 0.25) is 0 Å². The van der Waals surface area contributed by atoms with E-state index in [9.17, 15) is 4.79 Å². The van der Waals surface area contributed by atoms with Crippen molar-refractivity contribution in [3.8, 4) is 0 Å². The van der Waals surface area contributed by atoms with Gasteiger partial charge in [0.25, 0.3) is 0 Å².